The van der Waals surface area contributed by atoms with Gasteiger partial charge in [-0.3, -0.25) is 0 Å². The standard InChI is InChI=1S/C15H19FN4O2/c1-2-22-15(21)20-6-5-11(9-20)17-8-14-18-12-4-3-10(16)7-13(12)19-14/h3-4,7,11,17H,2,5-6,8-9H2,1H3,(H,18,19). The summed E-state index contributed by atoms with van der Waals surface area (Å²) >= 11 is 0. The van der Waals surface area contributed by atoms with Crippen molar-refractivity contribution >= 4 is 17.1 Å². The first kappa shape index (κ1) is 14.8. The molecule has 0 aliphatic carbocycles. The van der Waals surface area contributed by atoms with Gasteiger partial charge in [0.15, 0.2) is 0 Å². The Morgan fingerprint density at radius 2 is 2.45 bits per heavy atom. The molecule has 2 N–H and O–H groups in total. The minimum atomic E-state index is -0.281. The van der Waals surface area contributed by atoms with Crippen LogP contribution in [0.2, 0.25) is 0 Å². The van der Waals surface area contributed by atoms with Crippen molar-refractivity contribution in [2.75, 3.05) is 19.7 Å². The van der Waals surface area contributed by atoms with Crippen molar-refractivity contribution in [3.63, 3.8) is 0 Å². The third-order valence-electron chi connectivity index (χ3n) is 3.77. The first-order valence-electron chi connectivity index (χ1n) is 7.45. The Morgan fingerprint density at radius 1 is 1.59 bits per heavy atom. The molecule has 1 saturated heterocycles. The quantitative estimate of drug-likeness (QED) is 0.906. The lowest BCUT2D eigenvalue weighted by Crippen LogP contribution is -2.35. The third kappa shape index (κ3) is 3.19. The second-order valence-corrected chi connectivity index (χ2v) is 5.36. The number of hydrogen-bond donors (Lipinski definition) is 2. The SMILES string of the molecule is CCOC(=O)N1CCC(NCc2nc3ccc(F)cc3[nH]2)C1. The van der Waals surface area contributed by atoms with E-state index in [0.29, 0.717) is 31.8 Å². The van der Waals surface area contributed by atoms with Crippen LogP contribution in [0.4, 0.5) is 9.18 Å². The maximum absolute atomic E-state index is 13.1. The van der Waals surface area contributed by atoms with E-state index in [-0.39, 0.29) is 18.0 Å². The summed E-state index contributed by atoms with van der Waals surface area (Å²) in [6.45, 7) is 4.07. The van der Waals surface area contributed by atoms with E-state index in [2.05, 4.69) is 15.3 Å². The molecule has 1 aromatic carbocycles. The average molecular weight is 306 g/mol. The van der Waals surface area contributed by atoms with Gasteiger partial charge in [0.2, 0.25) is 0 Å². The first-order valence-corrected chi connectivity index (χ1v) is 7.45. The van der Waals surface area contributed by atoms with Crippen molar-refractivity contribution in [3.05, 3.63) is 29.8 Å². The summed E-state index contributed by atoms with van der Waals surface area (Å²) < 4.78 is 18.1. The molecule has 0 bridgehead atoms. The van der Waals surface area contributed by atoms with E-state index in [4.69, 9.17) is 4.74 Å². The van der Waals surface area contributed by atoms with Gasteiger partial charge in [0, 0.05) is 19.1 Å². The van der Waals surface area contributed by atoms with Gasteiger partial charge in [-0.2, -0.15) is 0 Å². The van der Waals surface area contributed by atoms with Gasteiger partial charge in [-0.25, -0.2) is 14.2 Å². The lowest BCUT2D eigenvalue weighted by molar-refractivity contribution is 0.115. The molecule has 3 rings (SSSR count). The summed E-state index contributed by atoms with van der Waals surface area (Å²) in [4.78, 5) is 20.8. The highest BCUT2D eigenvalue weighted by molar-refractivity contribution is 5.74. The molecule has 7 heteroatoms. The number of hydrogen-bond acceptors (Lipinski definition) is 4. The van der Waals surface area contributed by atoms with E-state index < -0.39 is 0 Å². The zero-order chi connectivity index (χ0) is 15.5. The highest BCUT2D eigenvalue weighted by Gasteiger charge is 2.26. The van der Waals surface area contributed by atoms with Crippen molar-refractivity contribution < 1.29 is 13.9 Å². The molecule has 1 aliphatic heterocycles. The summed E-state index contributed by atoms with van der Waals surface area (Å²) in [6.07, 6.45) is 0.624. The summed E-state index contributed by atoms with van der Waals surface area (Å²) in [7, 11) is 0. The summed E-state index contributed by atoms with van der Waals surface area (Å²) in [5.74, 6) is 0.478. The van der Waals surface area contributed by atoms with Crippen molar-refractivity contribution in [2.24, 2.45) is 0 Å². The molecule has 0 radical (unpaired) electrons. The van der Waals surface area contributed by atoms with Crippen molar-refractivity contribution in [2.45, 2.75) is 25.9 Å². The first-order chi connectivity index (χ1) is 10.7. The average Bonchev–Trinajstić information content (AvgIpc) is 3.11. The fourth-order valence-electron chi connectivity index (χ4n) is 2.67. The third-order valence-corrected chi connectivity index (χ3v) is 3.77. The molecule has 118 valence electrons. The molecule has 0 spiro atoms. The second-order valence-electron chi connectivity index (χ2n) is 5.36. The van der Waals surface area contributed by atoms with Crippen LogP contribution >= 0.6 is 0 Å². The van der Waals surface area contributed by atoms with Gasteiger partial charge >= 0.3 is 6.09 Å². The minimum Gasteiger partial charge on any atom is -0.450 e. The van der Waals surface area contributed by atoms with Gasteiger partial charge in [0.25, 0.3) is 0 Å². The monoisotopic (exact) mass is 306 g/mol. The Labute approximate surface area is 127 Å². The molecule has 1 amide bonds. The van der Waals surface area contributed by atoms with Crippen LogP contribution in [0.5, 0.6) is 0 Å². The number of nitrogens with zero attached hydrogens (tertiary/aromatic N) is 2. The van der Waals surface area contributed by atoms with Crippen LogP contribution in [-0.2, 0) is 11.3 Å². The number of nitrogens with one attached hydrogen (secondary N) is 2. The van der Waals surface area contributed by atoms with Crippen LogP contribution in [0.25, 0.3) is 11.0 Å². The zero-order valence-electron chi connectivity index (χ0n) is 12.4. The second kappa shape index (κ2) is 6.31. The van der Waals surface area contributed by atoms with Gasteiger partial charge in [0.05, 0.1) is 24.2 Å². The largest absolute Gasteiger partial charge is 0.450 e. The normalized spacial score (nSPS) is 18.1. The Kier molecular flexibility index (Phi) is 4.24. The fourth-order valence-corrected chi connectivity index (χ4v) is 2.67. The van der Waals surface area contributed by atoms with Crippen LogP contribution in [0.1, 0.15) is 19.2 Å². The summed E-state index contributed by atoms with van der Waals surface area (Å²) in [5, 5.41) is 3.36. The Bertz CT molecular complexity index is 673. The lowest BCUT2D eigenvalue weighted by atomic mass is 10.2. The van der Waals surface area contributed by atoms with Crippen LogP contribution in [-0.4, -0.2) is 46.7 Å². The van der Waals surface area contributed by atoms with E-state index in [1.54, 1.807) is 17.9 Å². The van der Waals surface area contributed by atoms with E-state index in [9.17, 15) is 9.18 Å². The molecule has 0 saturated carbocycles. The number of H-pyrrole nitrogens is 1. The molecule has 2 heterocycles. The van der Waals surface area contributed by atoms with Crippen LogP contribution in [0, 0.1) is 5.82 Å². The lowest BCUT2D eigenvalue weighted by Gasteiger charge is -2.16. The molecular formula is C15H19FN4O2. The number of amides is 1. The highest BCUT2D eigenvalue weighted by atomic mass is 19.1. The van der Waals surface area contributed by atoms with Crippen molar-refractivity contribution in [1.29, 1.82) is 0 Å². The Balaban J connectivity index is 1.55. The maximum Gasteiger partial charge on any atom is 0.409 e. The molecule has 2 aromatic rings. The van der Waals surface area contributed by atoms with Gasteiger partial charge in [-0.15, -0.1) is 0 Å². The number of carbonyl (C=O) groups is 1. The number of rotatable bonds is 4. The Hall–Kier alpha value is -2.15. The molecule has 22 heavy (non-hydrogen) atoms. The molecule has 1 atom stereocenters. The molecule has 6 nitrogen and oxygen atoms in total. The van der Waals surface area contributed by atoms with Crippen LogP contribution < -0.4 is 5.32 Å². The predicted octanol–water partition coefficient (Wildman–Crippen LogP) is 2.02. The zero-order valence-corrected chi connectivity index (χ0v) is 12.4. The van der Waals surface area contributed by atoms with Crippen LogP contribution in [0.3, 0.4) is 0 Å². The Morgan fingerprint density at radius 3 is 3.27 bits per heavy atom. The van der Waals surface area contributed by atoms with E-state index in [0.717, 1.165) is 17.8 Å². The molecule has 1 unspecified atom stereocenters. The van der Waals surface area contributed by atoms with Crippen molar-refractivity contribution in [3.8, 4) is 0 Å². The molecular weight excluding hydrogens is 287 g/mol. The number of imidazole rings is 1. The number of fused-ring (bicyclic) bond motifs is 1. The number of carbonyl (C=O) groups excluding carboxylic acids is 1. The number of ether oxygens (including phenoxy) is 1. The summed E-state index contributed by atoms with van der Waals surface area (Å²) in [6, 6.07) is 4.70. The van der Waals surface area contributed by atoms with Crippen LogP contribution in [0.15, 0.2) is 18.2 Å². The van der Waals surface area contributed by atoms with Gasteiger partial charge in [-0.05, 0) is 31.5 Å². The van der Waals surface area contributed by atoms with E-state index in [1.165, 1.54) is 12.1 Å². The number of aromatic amines is 1. The predicted molar refractivity (Wildman–Crippen MR) is 79.9 cm³/mol. The maximum atomic E-state index is 13.1. The molecule has 1 aromatic heterocycles. The van der Waals surface area contributed by atoms with E-state index >= 15 is 0 Å². The number of halogens is 1. The highest BCUT2D eigenvalue weighted by Crippen LogP contribution is 2.14. The fraction of sp³-hybridized carbons (Fsp3) is 0.467. The molecule has 1 aliphatic rings. The number of likely N-dealkylation sites (tertiary alicyclic amines) is 1. The number of benzene rings is 1. The van der Waals surface area contributed by atoms with Gasteiger partial charge in [-0.1, -0.05) is 0 Å². The smallest absolute Gasteiger partial charge is 0.409 e. The number of aromatic nitrogens is 2. The van der Waals surface area contributed by atoms with E-state index in [1.807, 2.05) is 0 Å². The van der Waals surface area contributed by atoms with Gasteiger partial charge < -0.3 is 19.9 Å². The van der Waals surface area contributed by atoms with Gasteiger partial charge in [0.1, 0.15) is 11.6 Å². The van der Waals surface area contributed by atoms with Crippen molar-refractivity contribution in [1.82, 2.24) is 20.2 Å². The summed E-state index contributed by atoms with van der Waals surface area (Å²) in [5.41, 5.74) is 1.44. The minimum absolute atomic E-state index is 0.217. The molecule has 1 fully saturated rings. The topological polar surface area (TPSA) is 70.2 Å².